The zero-order valence-corrected chi connectivity index (χ0v) is 14.4. The summed E-state index contributed by atoms with van der Waals surface area (Å²) in [5.41, 5.74) is 1.03. The molecule has 1 unspecified atom stereocenters. The van der Waals surface area contributed by atoms with Crippen molar-refractivity contribution in [2.24, 2.45) is 0 Å². The lowest BCUT2D eigenvalue weighted by Gasteiger charge is -2.39. The summed E-state index contributed by atoms with van der Waals surface area (Å²) < 4.78 is 11.3. The first-order chi connectivity index (χ1) is 12.4. The topological polar surface area (TPSA) is 60.4 Å². The number of piperidine rings is 1. The molecule has 0 bridgehead atoms. The van der Waals surface area contributed by atoms with E-state index >= 15 is 0 Å². The van der Waals surface area contributed by atoms with Gasteiger partial charge in [0.05, 0.1) is 18.1 Å². The molecule has 2 saturated heterocycles. The summed E-state index contributed by atoms with van der Waals surface area (Å²) in [5, 5.41) is 0. The number of ether oxygens (including phenoxy) is 2. The molecule has 6 heteroatoms. The van der Waals surface area contributed by atoms with E-state index in [9.17, 15) is 0 Å². The fourth-order valence-corrected chi connectivity index (χ4v) is 3.77. The van der Waals surface area contributed by atoms with E-state index in [4.69, 9.17) is 14.5 Å². The van der Waals surface area contributed by atoms with Gasteiger partial charge < -0.3 is 9.47 Å². The lowest BCUT2D eigenvalue weighted by atomic mass is 9.92. The Morgan fingerprint density at radius 2 is 2.00 bits per heavy atom. The first kappa shape index (κ1) is 16.4. The molecule has 2 aromatic heterocycles. The Morgan fingerprint density at radius 3 is 2.84 bits per heavy atom. The molecule has 6 nitrogen and oxygen atoms in total. The molecule has 0 N–H and O–H groups in total. The van der Waals surface area contributed by atoms with Crippen molar-refractivity contribution >= 4 is 0 Å². The van der Waals surface area contributed by atoms with Gasteiger partial charge in [-0.2, -0.15) is 0 Å². The van der Waals surface area contributed by atoms with Gasteiger partial charge in [0.15, 0.2) is 0 Å². The first-order valence-corrected chi connectivity index (χ1v) is 9.10. The number of rotatable bonds is 4. The highest BCUT2D eigenvalue weighted by Gasteiger charge is 2.28. The van der Waals surface area contributed by atoms with Crippen LogP contribution in [0.15, 0.2) is 36.9 Å². The summed E-state index contributed by atoms with van der Waals surface area (Å²) in [7, 11) is 0. The molecule has 132 valence electrons. The number of pyridine rings is 1. The zero-order valence-electron chi connectivity index (χ0n) is 14.4. The third kappa shape index (κ3) is 4.14. The Bertz CT molecular complexity index is 676. The number of likely N-dealkylation sites (tertiary alicyclic amines) is 1. The highest BCUT2D eigenvalue weighted by atomic mass is 16.5. The molecule has 1 atom stereocenters. The van der Waals surface area contributed by atoms with Crippen LogP contribution < -0.4 is 4.74 Å². The van der Waals surface area contributed by atoms with Crippen molar-refractivity contribution in [3.63, 3.8) is 0 Å². The maximum absolute atomic E-state index is 5.79. The predicted molar refractivity (Wildman–Crippen MR) is 93.7 cm³/mol. The van der Waals surface area contributed by atoms with Crippen LogP contribution in [0.25, 0.3) is 0 Å². The minimum atomic E-state index is 0.418. The van der Waals surface area contributed by atoms with E-state index in [1.54, 1.807) is 18.6 Å². The fraction of sp³-hybridized carbons (Fsp3) is 0.526. The Balaban J connectivity index is 1.44. The van der Waals surface area contributed by atoms with Gasteiger partial charge in [-0.25, -0.2) is 4.98 Å². The van der Waals surface area contributed by atoms with Gasteiger partial charge in [0.25, 0.3) is 0 Å². The van der Waals surface area contributed by atoms with Crippen molar-refractivity contribution in [3.8, 4) is 11.6 Å². The molecule has 4 heterocycles. The quantitative estimate of drug-likeness (QED) is 0.853. The van der Waals surface area contributed by atoms with Crippen molar-refractivity contribution in [2.45, 2.75) is 37.6 Å². The molecule has 25 heavy (non-hydrogen) atoms. The van der Waals surface area contributed by atoms with Gasteiger partial charge in [0.2, 0.25) is 5.88 Å². The molecule has 0 spiro atoms. The average Bonchev–Trinajstić information content (AvgIpc) is 2.70. The van der Waals surface area contributed by atoms with Gasteiger partial charge in [-0.3, -0.25) is 14.9 Å². The van der Waals surface area contributed by atoms with Gasteiger partial charge >= 0.3 is 0 Å². The maximum Gasteiger partial charge on any atom is 0.238 e. The van der Waals surface area contributed by atoms with Crippen LogP contribution in [0, 0.1) is 0 Å². The standard InChI is InChI=1S/C19H24N4O2/c1-4-17(11-20-7-1)25-19-13-21-12-18(22-19)15-3-2-8-23(14-15)16-5-9-24-10-6-16/h1,4,7,11-13,15-16H,2-3,5-6,8-10,14H2. The molecule has 2 fully saturated rings. The zero-order chi connectivity index (χ0) is 16.9. The third-order valence-corrected chi connectivity index (χ3v) is 5.07. The van der Waals surface area contributed by atoms with E-state index in [2.05, 4.69) is 14.9 Å². The maximum atomic E-state index is 5.79. The molecular formula is C19H24N4O2. The van der Waals surface area contributed by atoms with E-state index in [-0.39, 0.29) is 0 Å². The van der Waals surface area contributed by atoms with Crippen LogP contribution in [0.3, 0.4) is 0 Å². The molecular weight excluding hydrogens is 316 g/mol. The van der Waals surface area contributed by atoms with Gasteiger partial charge in [-0.05, 0) is 44.4 Å². The summed E-state index contributed by atoms with van der Waals surface area (Å²) >= 11 is 0. The minimum Gasteiger partial charge on any atom is -0.436 e. The van der Waals surface area contributed by atoms with Crippen molar-refractivity contribution in [3.05, 3.63) is 42.6 Å². The monoisotopic (exact) mass is 340 g/mol. The van der Waals surface area contributed by atoms with E-state index in [1.165, 1.54) is 13.0 Å². The first-order valence-electron chi connectivity index (χ1n) is 9.10. The van der Waals surface area contributed by atoms with Gasteiger partial charge in [0.1, 0.15) is 5.75 Å². The molecule has 2 aliphatic rings. The van der Waals surface area contributed by atoms with Crippen LogP contribution in [0.1, 0.15) is 37.3 Å². The van der Waals surface area contributed by atoms with Crippen molar-refractivity contribution in [2.75, 3.05) is 26.3 Å². The summed E-state index contributed by atoms with van der Waals surface area (Å²) in [6, 6.07) is 4.37. The normalized spacial score (nSPS) is 22.6. The van der Waals surface area contributed by atoms with Crippen LogP contribution in [-0.2, 0) is 4.74 Å². The Labute approximate surface area is 148 Å². The predicted octanol–water partition coefficient (Wildman–Crippen LogP) is 3.02. The van der Waals surface area contributed by atoms with E-state index in [1.807, 2.05) is 18.3 Å². The van der Waals surface area contributed by atoms with Gasteiger partial charge in [-0.15, -0.1) is 0 Å². The molecule has 2 aliphatic heterocycles. The van der Waals surface area contributed by atoms with E-state index in [0.29, 0.717) is 23.6 Å². The summed E-state index contributed by atoms with van der Waals surface area (Å²) in [5.74, 6) is 1.64. The lowest BCUT2D eigenvalue weighted by Crippen LogP contribution is -2.44. The van der Waals surface area contributed by atoms with Crippen LogP contribution in [-0.4, -0.2) is 52.2 Å². The molecule has 4 rings (SSSR count). The van der Waals surface area contributed by atoms with Crippen molar-refractivity contribution in [1.29, 1.82) is 0 Å². The highest BCUT2D eigenvalue weighted by molar-refractivity contribution is 5.23. The van der Waals surface area contributed by atoms with Crippen LogP contribution >= 0.6 is 0 Å². The molecule has 0 saturated carbocycles. The third-order valence-electron chi connectivity index (χ3n) is 5.07. The van der Waals surface area contributed by atoms with Gasteiger partial charge in [0, 0.05) is 44.1 Å². The molecule has 0 aliphatic carbocycles. The summed E-state index contributed by atoms with van der Waals surface area (Å²) in [6.07, 6.45) is 11.6. The SMILES string of the molecule is c1cncc(Oc2cncc(C3CCCN(C4CCOCC4)C3)n2)c1. The second-order valence-corrected chi connectivity index (χ2v) is 6.75. The number of nitrogens with zero attached hydrogens (tertiary/aromatic N) is 4. The number of aromatic nitrogens is 3. The summed E-state index contributed by atoms with van der Waals surface area (Å²) in [6.45, 7) is 4.01. The highest BCUT2D eigenvalue weighted by Crippen LogP contribution is 2.30. The van der Waals surface area contributed by atoms with Crippen LogP contribution in [0.4, 0.5) is 0 Å². The minimum absolute atomic E-state index is 0.418. The molecule has 0 amide bonds. The second-order valence-electron chi connectivity index (χ2n) is 6.75. The van der Waals surface area contributed by atoms with Crippen LogP contribution in [0.2, 0.25) is 0 Å². The number of hydrogen-bond acceptors (Lipinski definition) is 6. The summed E-state index contributed by atoms with van der Waals surface area (Å²) in [4.78, 5) is 15.7. The van der Waals surface area contributed by atoms with Crippen molar-refractivity contribution in [1.82, 2.24) is 19.9 Å². The molecule has 2 aromatic rings. The second kappa shape index (κ2) is 7.89. The fourth-order valence-electron chi connectivity index (χ4n) is 3.77. The van der Waals surface area contributed by atoms with Crippen molar-refractivity contribution < 1.29 is 9.47 Å². The van der Waals surface area contributed by atoms with E-state index in [0.717, 1.165) is 44.7 Å². The average molecular weight is 340 g/mol. The Morgan fingerprint density at radius 1 is 1.08 bits per heavy atom. The Kier molecular flexibility index (Phi) is 5.18. The van der Waals surface area contributed by atoms with Crippen LogP contribution in [0.5, 0.6) is 11.6 Å². The lowest BCUT2D eigenvalue weighted by molar-refractivity contribution is 0.0237. The molecule has 0 aromatic carbocycles. The number of hydrogen-bond donors (Lipinski definition) is 0. The largest absolute Gasteiger partial charge is 0.436 e. The Hall–Kier alpha value is -2.05. The molecule has 0 radical (unpaired) electrons. The van der Waals surface area contributed by atoms with Gasteiger partial charge in [-0.1, -0.05) is 0 Å². The van der Waals surface area contributed by atoms with E-state index < -0.39 is 0 Å². The smallest absolute Gasteiger partial charge is 0.238 e.